The third-order valence-corrected chi connectivity index (χ3v) is 3.11. The predicted octanol–water partition coefficient (Wildman–Crippen LogP) is 3.32. The quantitative estimate of drug-likeness (QED) is 0.921. The predicted molar refractivity (Wildman–Crippen MR) is 77.9 cm³/mol. The molecule has 6 heteroatoms. The molecule has 0 unspecified atom stereocenters. The van der Waals surface area contributed by atoms with E-state index in [0.29, 0.717) is 28.3 Å². The Kier molecular flexibility index (Phi) is 4.80. The number of nitrogens with one attached hydrogen (secondary N) is 1. The van der Waals surface area contributed by atoms with Gasteiger partial charge in [0, 0.05) is 12.7 Å². The second-order valence-corrected chi connectivity index (χ2v) is 5.61. The van der Waals surface area contributed by atoms with Gasteiger partial charge in [0.25, 0.3) is 0 Å². The van der Waals surface area contributed by atoms with Crippen LogP contribution in [-0.4, -0.2) is 21.3 Å². The molecule has 0 radical (unpaired) electrons. The fourth-order valence-corrected chi connectivity index (χ4v) is 1.96. The Morgan fingerprint density at radius 1 is 1.32 bits per heavy atom. The molecule has 102 valence electrons. The van der Waals surface area contributed by atoms with E-state index in [-0.39, 0.29) is 0 Å². The standard InChI is InChI=1S/C13H16Cl2N4/c1-9(2)4-16-5-10-3-13(17-7-12(10)15)19-8-11(14)6-18-19/h3,6-9,16H,4-5H2,1-2H3. The van der Waals surface area contributed by atoms with E-state index >= 15 is 0 Å². The van der Waals surface area contributed by atoms with Gasteiger partial charge in [0.05, 0.1) is 22.4 Å². The molecule has 0 saturated carbocycles. The maximum atomic E-state index is 6.15. The van der Waals surface area contributed by atoms with Crippen LogP contribution >= 0.6 is 23.2 Å². The van der Waals surface area contributed by atoms with Crippen molar-refractivity contribution in [3.05, 3.63) is 40.3 Å². The Labute approximate surface area is 122 Å². The van der Waals surface area contributed by atoms with Crippen molar-refractivity contribution in [2.24, 2.45) is 5.92 Å². The van der Waals surface area contributed by atoms with Gasteiger partial charge in [-0.25, -0.2) is 9.67 Å². The van der Waals surface area contributed by atoms with Gasteiger partial charge in [-0.15, -0.1) is 0 Å². The second-order valence-electron chi connectivity index (χ2n) is 4.76. The minimum absolute atomic E-state index is 0.580. The smallest absolute Gasteiger partial charge is 0.153 e. The maximum absolute atomic E-state index is 6.15. The Hall–Kier alpha value is -1.10. The van der Waals surface area contributed by atoms with Crippen LogP contribution < -0.4 is 5.32 Å². The summed E-state index contributed by atoms with van der Waals surface area (Å²) in [5, 5.41) is 8.71. The molecule has 0 saturated heterocycles. The van der Waals surface area contributed by atoms with E-state index in [1.165, 1.54) is 0 Å². The Morgan fingerprint density at radius 2 is 2.11 bits per heavy atom. The number of hydrogen-bond donors (Lipinski definition) is 1. The lowest BCUT2D eigenvalue weighted by atomic mass is 10.2. The number of halogens is 2. The monoisotopic (exact) mass is 298 g/mol. The molecule has 2 heterocycles. The molecule has 2 aromatic rings. The van der Waals surface area contributed by atoms with Crippen molar-refractivity contribution < 1.29 is 0 Å². The first kappa shape index (κ1) is 14.3. The van der Waals surface area contributed by atoms with Crippen LogP contribution in [-0.2, 0) is 6.54 Å². The van der Waals surface area contributed by atoms with E-state index in [2.05, 4.69) is 29.2 Å². The Balaban J connectivity index is 2.15. The summed E-state index contributed by atoms with van der Waals surface area (Å²) in [4.78, 5) is 4.25. The number of nitrogens with zero attached hydrogens (tertiary/aromatic N) is 3. The molecule has 2 aromatic heterocycles. The molecule has 0 aromatic carbocycles. The molecular formula is C13H16Cl2N4. The van der Waals surface area contributed by atoms with Gasteiger partial charge in [0.15, 0.2) is 5.82 Å². The summed E-state index contributed by atoms with van der Waals surface area (Å²) in [6.07, 6.45) is 4.93. The van der Waals surface area contributed by atoms with Gasteiger partial charge in [-0.3, -0.25) is 0 Å². The molecule has 0 aliphatic rings. The van der Waals surface area contributed by atoms with Crippen molar-refractivity contribution in [2.75, 3.05) is 6.54 Å². The zero-order valence-corrected chi connectivity index (χ0v) is 12.4. The number of aromatic nitrogens is 3. The summed E-state index contributed by atoms with van der Waals surface area (Å²) < 4.78 is 1.63. The maximum Gasteiger partial charge on any atom is 0.153 e. The van der Waals surface area contributed by atoms with Gasteiger partial charge in [0.1, 0.15) is 0 Å². The summed E-state index contributed by atoms with van der Waals surface area (Å²) in [5.74, 6) is 1.31. The van der Waals surface area contributed by atoms with Crippen molar-refractivity contribution in [1.82, 2.24) is 20.1 Å². The van der Waals surface area contributed by atoms with Gasteiger partial charge in [-0.05, 0) is 24.1 Å². The molecule has 0 spiro atoms. The first-order chi connectivity index (χ1) is 9.06. The van der Waals surface area contributed by atoms with Crippen molar-refractivity contribution in [2.45, 2.75) is 20.4 Å². The Bertz CT molecular complexity index is 551. The van der Waals surface area contributed by atoms with Crippen LogP contribution in [0.3, 0.4) is 0 Å². The Morgan fingerprint density at radius 3 is 2.74 bits per heavy atom. The average Bonchev–Trinajstić information content (AvgIpc) is 2.78. The molecule has 19 heavy (non-hydrogen) atoms. The highest BCUT2D eigenvalue weighted by Gasteiger charge is 2.06. The molecule has 0 atom stereocenters. The zero-order valence-electron chi connectivity index (χ0n) is 10.9. The molecular weight excluding hydrogens is 283 g/mol. The molecule has 0 amide bonds. The zero-order chi connectivity index (χ0) is 13.8. The summed E-state index contributed by atoms with van der Waals surface area (Å²) in [6.45, 7) is 5.99. The van der Waals surface area contributed by atoms with E-state index in [1.807, 2.05) is 6.07 Å². The first-order valence-electron chi connectivity index (χ1n) is 6.12. The largest absolute Gasteiger partial charge is 0.312 e. The van der Waals surface area contributed by atoms with Gasteiger partial charge in [0.2, 0.25) is 0 Å². The third-order valence-electron chi connectivity index (χ3n) is 2.57. The van der Waals surface area contributed by atoms with Crippen molar-refractivity contribution in [3.63, 3.8) is 0 Å². The van der Waals surface area contributed by atoms with Crippen molar-refractivity contribution in [3.8, 4) is 5.82 Å². The molecule has 0 aliphatic heterocycles. The van der Waals surface area contributed by atoms with E-state index in [4.69, 9.17) is 23.2 Å². The lowest BCUT2D eigenvalue weighted by molar-refractivity contribution is 0.552. The molecule has 4 nitrogen and oxygen atoms in total. The number of hydrogen-bond acceptors (Lipinski definition) is 3. The lowest BCUT2D eigenvalue weighted by Crippen LogP contribution is -2.19. The van der Waals surface area contributed by atoms with Crippen LogP contribution in [0.5, 0.6) is 0 Å². The van der Waals surface area contributed by atoms with E-state index in [0.717, 1.165) is 12.1 Å². The SMILES string of the molecule is CC(C)CNCc1cc(-n2cc(Cl)cn2)ncc1Cl. The van der Waals surface area contributed by atoms with Crippen LogP contribution in [0.15, 0.2) is 24.7 Å². The van der Waals surface area contributed by atoms with Crippen LogP contribution in [0.2, 0.25) is 10.0 Å². The topological polar surface area (TPSA) is 42.7 Å². The number of rotatable bonds is 5. The van der Waals surface area contributed by atoms with Gasteiger partial charge in [-0.1, -0.05) is 37.0 Å². The summed E-state index contributed by atoms with van der Waals surface area (Å²) in [5.41, 5.74) is 0.999. The summed E-state index contributed by atoms with van der Waals surface area (Å²) >= 11 is 12.0. The minimum atomic E-state index is 0.580. The lowest BCUT2D eigenvalue weighted by Gasteiger charge is -2.10. The van der Waals surface area contributed by atoms with E-state index < -0.39 is 0 Å². The highest BCUT2D eigenvalue weighted by molar-refractivity contribution is 6.31. The van der Waals surface area contributed by atoms with Crippen LogP contribution in [0, 0.1) is 5.92 Å². The third kappa shape index (κ3) is 3.93. The van der Waals surface area contributed by atoms with E-state index in [9.17, 15) is 0 Å². The first-order valence-corrected chi connectivity index (χ1v) is 6.87. The van der Waals surface area contributed by atoms with Crippen molar-refractivity contribution in [1.29, 1.82) is 0 Å². The normalized spacial score (nSPS) is 11.2. The molecule has 0 fully saturated rings. The fourth-order valence-electron chi connectivity index (χ4n) is 1.65. The van der Waals surface area contributed by atoms with Gasteiger partial charge >= 0.3 is 0 Å². The molecule has 2 rings (SSSR count). The van der Waals surface area contributed by atoms with E-state index in [1.54, 1.807) is 23.3 Å². The van der Waals surface area contributed by atoms with Crippen LogP contribution in [0.4, 0.5) is 0 Å². The summed E-state index contributed by atoms with van der Waals surface area (Å²) in [7, 11) is 0. The highest BCUT2D eigenvalue weighted by atomic mass is 35.5. The highest BCUT2D eigenvalue weighted by Crippen LogP contribution is 2.18. The average molecular weight is 299 g/mol. The molecule has 0 aliphatic carbocycles. The second kappa shape index (κ2) is 6.37. The van der Waals surface area contributed by atoms with Crippen LogP contribution in [0.1, 0.15) is 19.4 Å². The van der Waals surface area contributed by atoms with Gasteiger partial charge < -0.3 is 5.32 Å². The molecule has 1 N–H and O–H groups in total. The molecule has 0 bridgehead atoms. The van der Waals surface area contributed by atoms with Crippen LogP contribution in [0.25, 0.3) is 5.82 Å². The number of pyridine rings is 1. The van der Waals surface area contributed by atoms with Gasteiger partial charge in [-0.2, -0.15) is 5.10 Å². The minimum Gasteiger partial charge on any atom is -0.312 e. The van der Waals surface area contributed by atoms with Crippen molar-refractivity contribution >= 4 is 23.2 Å². The fraction of sp³-hybridized carbons (Fsp3) is 0.385. The summed E-state index contributed by atoms with van der Waals surface area (Å²) in [6, 6.07) is 1.92.